The minimum Gasteiger partial charge on any atom is -0.461 e. The first-order valence-corrected chi connectivity index (χ1v) is 8.16. The Hall–Kier alpha value is -2.28. The molecule has 1 N–H and O–H groups in total. The van der Waals surface area contributed by atoms with Crippen LogP contribution in [0.15, 0.2) is 35.3 Å². The molecule has 0 heterocycles. The Kier molecular flexibility index (Phi) is 6.43. The predicted octanol–water partition coefficient (Wildman–Crippen LogP) is 1.99. The average molecular weight is 334 g/mol. The Morgan fingerprint density at radius 2 is 2.04 bits per heavy atom. The highest BCUT2D eigenvalue weighted by atomic mass is 16.6. The normalized spacial score (nSPS) is 22.7. The van der Waals surface area contributed by atoms with Crippen molar-refractivity contribution in [3.63, 3.8) is 0 Å². The fourth-order valence-electron chi connectivity index (χ4n) is 2.85. The number of hydrogen-bond acceptors (Lipinski definition) is 6. The first-order valence-electron chi connectivity index (χ1n) is 8.16. The van der Waals surface area contributed by atoms with Gasteiger partial charge in [0.25, 0.3) is 0 Å². The van der Waals surface area contributed by atoms with Gasteiger partial charge in [0.15, 0.2) is 0 Å². The zero-order chi connectivity index (χ0) is 17.5. The van der Waals surface area contributed by atoms with E-state index in [1.54, 1.807) is 37.3 Å². The minimum atomic E-state index is -1.69. The van der Waals surface area contributed by atoms with Crippen molar-refractivity contribution >= 4 is 11.7 Å². The van der Waals surface area contributed by atoms with Gasteiger partial charge in [-0.1, -0.05) is 43.2 Å². The molecular weight excluding hydrogens is 312 g/mol. The average Bonchev–Trinajstić information content (AvgIpc) is 2.57. The van der Waals surface area contributed by atoms with Gasteiger partial charge in [0.2, 0.25) is 0 Å². The second kappa shape index (κ2) is 8.54. The van der Waals surface area contributed by atoms with Gasteiger partial charge >= 0.3 is 12.0 Å². The maximum atomic E-state index is 12.1. The summed E-state index contributed by atoms with van der Waals surface area (Å²) in [6, 6.07) is 6.44. The summed E-state index contributed by atoms with van der Waals surface area (Å²) in [7, 11) is 0. The molecule has 1 saturated carbocycles. The summed E-state index contributed by atoms with van der Waals surface area (Å²) >= 11 is 0. The number of carbonyl (C=O) groups is 1. The molecule has 1 fully saturated rings. The van der Waals surface area contributed by atoms with E-state index in [1.165, 1.54) is 0 Å². The van der Waals surface area contributed by atoms with Crippen LogP contribution in [0.2, 0.25) is 0 Å². The molecule has 130 valence electrons. The molecule has 1 aliphatic rings. The largest absolute Gasteiger partial charge is 0.461 e. The smallest absolute Gasteiger partial charge is 0.388 e. The number of nitro groups is 1. The van der Waals surface area contributed by atoms with Gasteiger partial charge in [-0.2, -0.15) is 0 Å². The number of hydrogen-bond donors (Lipinski definition) is 1. The summed E-state index contributed by atoms with van der Waals surface area (Å²) in [4.78, 5) is 27.4. The standard InChI is InChI=1S/C17H22N2O5/c1-2-24-17(21)16(19(22)23)15(12-8-4-3-5-9-12)18-13-10-6-7-11-14(13)20/h3-5,8-9,13-14,16,20H,2,6-7,10-11H2,1H3/t13-,14-,16?/m1/s1. The lowest BCUT2D eigenvalue weighted by Gasteiger charge is -2.25. The topological polar surface area (TPSA) is 102 Å². The molecule has 7 heteroatoms. The Balaban J connectivity index is 2.45. The highest BCUT2D eigenvalue weighted by Gasteiger charge is 2.39. The molecule has 0 amide bonds. The van der Waals surface area contributed by atoms with Crippen molar-refractivity contribution in [3.05, 3.63) is 46.0 Å². The molecule has 1 aliphatic carbocycles. The first kappa shape index (κ1) is 18.1. The summed E-state index contributed by atoms with van der Waals surface area (Å²) in [5, 5.41) is 21.6. The van der Waals surface area contributed by atoms with Gasteiger partial charge in [0.05, 0.1) is 18.8 Å². The molecule has 0 bridgehead atoms. The van der Waals surface area contributed by atoms with Crippen molar-refractivity contribution in [2.45, 2.75) is 50.8 Å². The van der Waals surface area contributed by atoms with Crippen molar-refractivity contribution < 1.29 is 19.6 Å². The van der Waals surface area contributed by atoms with Crippen LogP contribution in [0.25, 0.3) is 0 Å². The molecule has 7 nitrogen and oxygen atoms in total. The zero-order valence-corrected chi connectivity index (χ0v) is 13.6. The Labute approximate surface area is 140 Å². The van der Waals surface area contributed by atoms with E-state index < -0.39 is 29.1 Å². The molecule has 1 aromatic rings. The van der Waals surface area contributed by atoms with Gasteiger partial charge in [-0.25, -0.2) is 4.79 Å². The van der Waals surface area contributed by atoms with Crippen LogP contribution >= 0.6 is 0 Å². The molecule has 0 aromatic heterocycles. The Morgan fingerprint density at radius 1 is 1.38 bits per heavy atom. The van der Waals surface area contributed by atoms with Crippen LogP contribution in [0.1, 0.15) is 38.2 Å². The molecular formula is C17H22N2O5. The number of benzene rings is 1. The SMILES string of the molecule is CCOC(=O)C(C(=N[C@@H]1CCCC[C@H]1O)c1ccccc1)[N+](=O)[O-]. The summed E-state index contributed by atoms with van der Waals surface area (Å²) in [5.41, 5.74) is 0.537. The van der Waals surface area contributed by atoms with Crippen molar-refractivity contribution in [2.75, 3.05) is 6.61 Å². The third-order valence-corrected chi connectivity index (χ3v) is 4.05. The second-order valence-corrected chi connectivity index (χ2v) is 5.74. The molecule has 1 aromatic carbocycles. The molecule has 0 spiro atoms. The Bertz CT molecular complexity index is 602. The molecule has 1 unspecified atom stereocenters. The molecule has 0 aliphatic heterocycles. The van der Waals surface area contributed by atoms with E-state index in [2.05, 4.69) is 4.99 Å². The molecule has 3 atom stereocenters. The molecule has 0 radical (unpaired) electrons. The lowest BCUT2D eigenvalue weighted by molar-refractivity contribution is -0.491. The van der Waals surface area contributed by atoms with Crippen LogP contribution < -0.4 is 0 Å². The predicted molar refractivity (Wildman–Crippen MR) is 88.7 cm³/mol. The van der Waals surface area contributed by atoms with Crippen LogP contribution in [0.3, 0.4) is 0 Å². The van der Waals surface area contributed by atoms with E-state index in [0.717, 1.165) is 12.8 Å². The van der Waals surface area contributed by atoms with Gasteiger partial charge in [-0.05, 0) is 19.8 Å². The summed E-state index contributed by atoms with van der Waals surface area (Å²) in [5.74, 6) is -0.935. The highest BCUT2D eigenvalue weighted by molar-refractivity contribution is 6.14. The van der Waals surface area contributed by atoms with Gasteiger partial charge in [0.1, 0.15) is 5.71 Å². The fraction of sp³-hybridized carbons (Fsp3) is 0.529. The molecule has 0 saturated heterocycles. The van der Waals surface area contributed by atoms with E-state index in [4.69, 9.17) is 4.74 Å². The van der Waals surface area contributed by atoms with Crippen LogP contribution in [0, 0.1) is 10.1 Å². The third-order valence-electron chi connectivity index (χ3n) is 4.05. The van der Waals surface area contributed by atoms with Gasteiger partial charge in [0, 0.05) is 10.5 Å². The Morgan fingerprint density at radius 3 is 2.62 bits per heavy atom. The van der Waals surface area contributed by atoms with E-state index >= 15 is 0 Å². The van der Waals surface area contributed by atoms with E-state index in [1.807, 2.05) is 0 Å². The number of aliphatic hydroxyl groups is 1. The minimum absolute atomic E-state index is 0.0463. The number of aliphatic imine (C=N–C) groups is 1. The van der Waals surface area contributed by atoms with Gasteiger partial charge < -0.3 is 9.84 Å². The molecule has 24 heavy (non-hydrogen) atoms. The number of carbonyl (C=O) groups excluding carboxylic acids is 1. The summed E-state index contributed by atoms with van der Waals surface area (Å²) in [6.07, 6.45) is 2.41. The van der Waals surface area contributed by atoms with Crippen molar-refractivity contribution in [1.29, 1.82) is 0 Å². The monoisotopic (exact) mass is 334 g/mol. The summed E-state index contributed by atoms with van der Waals surface area (Å²) in [6.45, 7) is 1.65. The van der Waals surface area contributed by atoms with Crippen molar-refractivity contribution in [2.24, 2.45) is 4.99 Å². The van der Waals surface area contributed by atoms with Crippen LogP contribution in [0.4, 0.5) is 0 Å². The van der Waals surface area contributed by atoms with E-state index in [9.17, 15) is 20.0 Å². The third kappa shape index (κ3) is 4.38. The van der Waals surface area contributed by atoms with Crippen LogP contribution in [-0.4, -0.2) is 46.5 Å². The number of aliphatic hydroxyl groups excluding tert-OH is 1. The molecule has 2 rings (SSSR count). The van der Waals surface area contributed by atoms with E-state index in [0.29, 0.717) is 18.4 Å². The quantitative estimate of drug-likeness (QED) is 0.371. The van der Waals surface area contributed by atoms with E-state index in [-0.39, 0.29) is 12.3 Å². The van der Waals surface area contributed by atoms with Crippen LogP contribution in [0.5, 0.6) is 0 Å². The van der Waals surface area contributed by atoms with Crippen LogP contribution in [-0.2, 0) is 9.53 Å². The highest BCUT2D eigenvalue weighted by Crippen LogP contribution is 2.23. The zero-order valence-electron chi connectivity index (χ0n) is 13.6. The maximum Gasteiger partial charge on any atom is 0.388 e. The number of nitrogens with zero attached hydrogens (tertiary/aromatic N) is 2. The summed E-state index contributed by atoms with van der Waals surface area (Å²) < 4.78 is 4.86. The first-order chi connectivity index (χ1) is 11.5. The lowest BCUT2D eigenvalue weighted by atomic mass is 9.92. The maximum absolute atomic E-state index is 12.1. The number of ether oxygens (including phenoxy) is 1. The van der Waals surface area contributed by atoms with Crippen molar-refractivity contribution in [1.82, 2.24) is 0 Å². The second-order valence-electron chi connectivity index (χ2n) is 5.74. The lowest BCUT2D eigenvalue weighted by Crippen LogP contribution is -2.41. The number of esters is 1. The fourth-order valence-corrected chi connectivity index (χ4v) is 2.85. The van der Waals surface area contributed by atoms with Gasteiger partial charge in [-0.15, -0.1) is 0 Å². The van der Waals surface area contributed by atoms with Gasteiger partial charge in [-0.3, -0.25) is 15.1 Å². The number of rotatable bonds is 6. The van der Waals surface area contributed by atoms with Crippen molar-refractivity contribution in [3.8, 4) is 0 Å².